The molecule has 6 heteroatoms. The molecular weight excluding hydrogens is 530 g/mol. The Morgan fingerprint density at radius 1 is 0.811 bits per heavy atom. The van der Waals surface area contributed by atoms with Crippen LogP contribution in [0.3, 0.4) is 0 Å². The lowest BCUT2D eigenvalue weighted by atomic mass is 9.79. The summed E-state index contributed by atoms with van der Waals surface area (Å²) in [6, 6.07) is 30.1. The Kier molecular flexibility index (Phi) is 7.04. The predicted octanol–water partition coefficient (Wildman–Crippen LogP) is 6.11. The molecule has 1 unspecified atom stereocenters. The normalized spacial score (nSPS) is 13.8. The minimum absolute atomic E-state index is 0.348. The van der Waals surface area contributed by atoms with E-state index in [-0.39, 0.29) is 5.97 Å². The number of hydrogen-bond donors (Lipinski definition) is 1. The van der Waals surface area contributed by atoms with Crippen molar-refractivity contribution in [1.29, 1.82) is 0 Å². The van der Waals surface area contributed by atoms with Gasteiger partial charge in [-0.2, -0.15) is 0 Å². The molecule has 1 aliphatic carbocycles. The van der Waals surface area contributed by atoms with Gasteiger partial charge in [0.25, 0.3) is 0 Å². The van der Waals surface area contributed by atoms with Crippen LogP contribution in [0.1, 0.15) is 22.3 Å². The maximum absolute atomic E-state index is 13.3. The summed E-state index contributed by atoms with van der Waals surface area (Å²) in [6.07, 6.45) is 0.368. The van der Waals surface area contributed by atoms with Gasteiger partial charge in [-0.05, 0) is 61.8 Å². The molecule has 0 heterocycles. The zero-order chi connectivity index (χ0) is 26.0. The monoisotopic (exact) mass is 557 g/mol. The minimum Gasteiger partial charge on any atom is -0.493 e. The Labute approximate surface area is 225 Å². The van der Waals surface area contributed by atoms with Gasteiger partial charge in [-0.1, -0.05) is 84.9 Å². The van der Waals surface area contributed by atoms with Crippen molar-refractivity contribution < 1.29 is 19.0 Å². The molecule has 1 atom stereocenters. The number of carbonyl (C=O) groups excluding carboxylic acids is 1. The lowest BCUT2D eigenvalue weighted by molar-refractivity contribution is -0.143. The van der Waals surface area contributed by atoms with E-state index in [2.05, 4.69) is 69.8 Å². The van der Waals surface area contributed by atoms with E-state index >= 15 is 0 Å². The van der Waals surface area contributed by atoms with Crippen LogP contribution in [-0.2, 0) is 21.5 Å². The molecule has 0 amide bonds. The molecule has 4 aromatic rings. The van der Waals surface area contributed by atoms with Crippen molar-refractivity contribution >= 4 is 21.9 Å². The van der Waals surface area contributed by atoms with E-state index < -0.39 is 11.6 Å². The molecule has 0 saturated carbocycles. The second-order valence-corrected chi connectivity index (χ2v) is 9.70. The lowest BCUT2D eigenvalue weighted by Gasteiger charge is -2.37. The van der Waals surface area contributed by atoms with Crippen LogP contribution in [0.5, 0.6) is 11.5 Å². The fourth-order valence-corrected chi connectivity index (χ4v) is 6.03. The molecular formula is C31H28BrNO4. The third kappa shape index (κ3) is 4.20. The van der Waals surface area contributed by atoms with Crippen LogP contribution in [0.25, 0.3) is 11.1 Å². The largest absolute Gasteiger partial charge is 0.493 e. The molecule has 1 aliphatic rings. The van der Waals surface area contributed by atoms with Crippen molar-refractivity contribution in [2.24, 2.45) is 0 Å². The van der Waals surface area contributed by atoms with Crippen LogP contribution in [0, 0.1) is 0 Å². The highest BCUT2D eigenvalue weighted by Crippen LogP contribution is 2.51. The average molecular weight is 558 g/mol. The standard InChI is InChI=1S/C31H28BrNO4/c1-35-27-18-17-20(28(32)29(27)36-2)19-26(30(34)37-3)33-31(21-11-5-4-6-12-21)24-15-9-7-13-22(24)23-14-8-10-16-25(23)31/h4-18,26,33H,19H2,1-3H3. The first-order valence-electron chi connectivity index (χ1n) is 12.0. The van der Waals surface area contributed by atoms with Crippen LogP contribution in [0.4, 0.5) is 0 Å². The molecule has 0 aliphatic heterocycles. The molecule has 0 radical (unpaired) electrons. The molecule has 37 heavy (non-hydrogen) atoms. The molecule has 0 saturated heterocycles. The van der Waals surface area contributed by atoms with Gasteiger partial charge >= 0.3 is 5.97 Å². The molecule has 5 rings (SSSR count). The van der Waals surface area contributed by atoms with Gasteiger partial charge in [0.1, 0.15) is 6.04 Å². The molecule has 0 bridgehead atoms. The summed E-state index contributed by atoms with van der Waals surface area (Å²) < 4.78 is 17.1. The first kappa shape index (κ1) is 25.1. The summed E-state index contributed by atoms with van der Waals surface area (Å²) in [6.45, 7) is 0. The van der Waals surface area contributed by atoms with Gasteiger partial charge in [0, 0.05) is 0 Å². The number of methoxy groups -OCH3 is 3. The Morgan fingerprint density at radius 2 is 1.41 bits per heavy atom. The van der Waals surface area contributed by atoms with Gasteiger partial charge in [0.2, 0.25) is 0 Å². The summed E-state index contributed by atoms with van der Waals surface area (Å²) in [5.41, 5.74) is 5.67. The minimum atomic E-state index is -0.754. The van der Waals surface area contributed by atoms with E-state index in [0.29, 0.717) is 17.9 Å². The fraction of sp³-hybridized carbons (Fsp3) is 0.194. The summed E-state index contributed by atoms with van der Waals surface area (Å²) in [5, 5.41) is 3.78. The smallest absolute Gasteiger partial charge is 0.323 e. The van der Waals surface area contributed by atoms with E-state index in [0.717, 1.165) is 37.9 Å². The van der Waals surface area contributed by atoms with Crippen LogP contribution >= 0.6 is 15.9 Å². The highest BCUT2D eigenvalue weighted by atomic mass is 79.9. The van der Waals surface area contributed by atoms with Crippen molar-refractivity contribution in [2.75, 3.05) is 21.3 Å². The highest BCUT2D eigenvalue weighted by Gasteiger charge is 2.46. The zero-order valence-corrected chi connectivity index (χ0v) is 22.5. The van der Waals surface area contributed by atoms with Crippen LogP contribution in [0.15, 0.2) is 95.5 Å². The van der Waals surface area contributed by atoms with Crippen molar-refractivity contribution in [1.82, 2.24) is 5.32 Å². The molecule has 0 aromatic heterocycles. The van der Waals surface area contributed by atoms with E-state index in [1.54, 1.807) is 14.2 Å². The van der Waals surface area contributed by atoms with Gasteiger partial charge in [-0.15, -0.1) is 0 Å². The third-order valence-electron chi connectivity index (χ3n) is 7.02. The topological polar surface area (TPSA) is 56.8 Å². The average Bonchev–Trinajstić information content (AvgIpc) is 3.24. The van der Waals surface area contributed by atoms with Crippen molar-refractivity contribution in [3.8, 4) is 22.6 Å². The Hall–Kier alpha value is -3.61. The first-order valence-corrected chi connectivity index (χ1v) is 12.8. The molecule has 0 spiro atoms. The summed E-state index contributed by atoms with van der Waals surface area (Å²) >= 11 is 3.67. The van der Waals surface area contributed by atoms with E-state index in [4.69, 9.17) is 14.2 Å². The number of benzene rings is 4. The maximum atomic E-state index is 13.3. The third-order valence-corrected chi connectivity index (χ3v) is 7.89. The second-order valence-electron chi connectivity index (χ2n) is 8.91. The van der Waals surface area contributed by atoms with Crippen molar-refractivity contribution in [3.63, 3.8) is 0 Å². The molecule has 5 nitrogen and oxygen atoms in total. The number of esters is 1. The van der Waals surface area contributed by atoms with Gasteiger partial charge < -0.3 is 14.2 Å². The highest BCUT2D eigenvalue weighted by molar-refractivity contribution is 9.10. The maximum Gasteiger partial charge on any atom is 0.323 e. The molecule has 188 valence electrons. The quantitative estimate of drug-likeness (QED) is 0.265. The van der Waals surface area contributed by atoms with Gasteiger partial charge in [-0.25, -0.2) is 0 Å². The fourth-order valence-electron chi connectivity index (χ4n) is 5.38. The summed E-state index contributed by atoms with van der Waals surface area (Å²) in [4.78, 5) is 13.3. The van der Waals surface area contributed by atoms with E-state index in [1.807, 2.05) is 42.5 Å². The Balaban J connectivity index is 1.68. The van der Waals surface area contributed by atoms with Gasteiger partial charge in [-0.3, -0.25) is 10.1 Å². The molecule has 1 N–H and O–H groups in total. The van der Waals surface area contributed by atoms with Crippen molar-refractivity contribution in [2.45, 2.75) is 18.0 Å². The van der Waals surface area contributed by atoms with Crippen molar-refractivity contribution in [3.05, 3.63) is 118 Å². The number of hydrogen-bond acceptors (Lipinski definition) is 5. The van der Waals surface area contributed by atoms with Gasteiger partial charge in [0.05, 0.1) is 31.3 Å². The van der Waals surface area contributed by atoms with Crippen LogP contribution in [0.2, 0.25) is 0 Å². The van der Waals surface area contributed by atoms with E-state index in [9.17, 15) is 4.79 Å². The molecule has 0 fully saturated rings. The predicted molar refractivity (Wildman–Crippen MR) is 148 cm³/mol. The number of halogens is 1. The molecule has 4 aromatic carbocycles. The Bertz CT molecular complexity index is 1390. The van der Waals surface area contributed by atoms with Crippen LogP contribution in [-0.4, -0.2) is 33.3 Å². The van der Waals surface area contributed by atoms with Crippen LogP contribution < -0.4 is 14.8 Å². The number of fused-ring (bicyclic) bond motifs is 3. The SMILES string of the molecule is COC(=O)C(Cc1ccc(OC)c(OC)c1Br)NC1(c2ccccc2)c2ccccc2-c2ccccc21. The number of nitrogens with one attached hydrogen (secondary N) is 1. The number of ether oxygens (including phenoxy) is 3. The zero-order valence-electron chi connectivity index (χ0n) is 21.0. The lowest BCUT2D eigenvalue weighted by Crippen LogP contribution is -2.52. The Morgan fingerprint density at radius 3 is 1.97 bits per heavy atom. The van der Waals surface area contributed by atoms with E-state index in [1.165, 1.54) is 7.11 Å². The number of rotatable bonds is 8. The summed E-state index contributed by atoms with van der Waals surface area (Å²) in [7, 11) is 4.62. The number of carbonyl (C=O) groups is 1. The first-order chi connectivity index (χ1) is 18.0. The second kappa shape index (κ2) is 10.4. The summed E-state index contributed by atoms with van der Waals surface area (Å²) in [5.74, 6) is 0.844. The van der Waals surface area contributed by atoms with Gasteiger partial charge in [0.15, 0.2) is 11.5 Å².